The first-order valence-corrected chi connectivity index (χ1v) is 9.63. The first-order valence-electron chi connectivity index (χ1n) is 8.76. The zero-order chi connectivity index (χ0) is 19.8. The standard InChI is InChI=1S/C21H17FN2O3S/c1-12-21(26)24(10-19(25)14-3-6-16(22)7-4-14)18-9-15(5-8-20(18)27-12)17-11-28-13(2)23-17/h3-9,11-12H,10H2,1-2H3. The fraction of sp³-hybridized carbons (Fsp3) is 0.190. The molecule has 5 nitrogen and oxygen atoms in total. The molecule has 1 atom stereocenters. The molecular formula is C21H17FN2O3S. The number of hydrogen-bond acceptors (Lipinski definition) is 5. The number of hydrogen-bond donors (Lipinski definition) is 0. The van der Waals surface area contributed by atoms with Crippen LogP contribution in [0.4, 0.5) is 10.1 Å². The van der Waals surface area contributed by atoms with Crippen molar-refractivity contribution in [3.63, 3.8) is 0 Å². The molecule has 1 aliphatic rings. The maximum absolute atomic E-state index is 13.1. The molecule has 142 valence electrons. The molecule has 7 heteroatoms. The van der Waals surface area contributed by atoms with Crippen molar-refractivity contribution in [2.45, 2.75) is 20.0 Å². The van der Waals surface area contributed by atoms with Crippen LogP contribution in [0, 0.1) is 12.7 Å². The normalized spacial score (nSPS) is 15.9. The number of aromatic nitrogens is 1. The lowest BCUT2D eigenvalue weighted by molar-refractivity contribution is -0.125. The smallest absolute Gasteiger partial charge is 0.268 e. The van der Waals surface area contributed by atoms with E-state index in [0.29, 0.717) is 17.0 Å². The number of aryl methyl sites for hydroxylation is 1. The molecule has 2 heterocycles. The van der Waals surface area contributed by atoms with Crippen molar-refractivity contribution < 1.29 is 18.7 Å². The van der Waals surface area contributed by atoms with E-state index in [-0.39, 0.29) is 18.2 Å². The number of fused-ring (bicyclic) bond motifs is 1. The molecule has 2 aromatic carbocycles. The highest BCUT2D eigenvalue weighted by atomic mass is 32.1. The van der Waals surface area contributed by atoms with Gasteiger partial charge in [-0.3, -0.25) is 14.5 Å². The predicted octanol–water partition coefficient (Wildman–Crippen LogP) is 4.25. The van der Waals surface area contributed by atoms with Crippen LogP contribution in [0.3, 0.4) is 0 Å². The van der Waals surface area contributed by atoms with Crippen LogP contribution in [0.2, 0.25) is 0 Å². The van der Waals surface area contributed by atoms with Gasteiger partial charge in [0.25, 0.3) is 5.91 Å². The highest BCUT2D eigenvalue weighted by molar-refractivity contribution is 7.09. The Balaban J connectivity index is 1.70. The van der Waals surface area contributed by atoms with Gasteiger partial charge in [0.1, 0.15) is 11.6 Å². The molecule has 4 rings (SSSR count). The zero-order valence-electron chi connectivity index (χ0n) is 15.3. The van der Waals surface area contributed by atoms with E-state index in [1.807, 2.05) is 24.4 Å². The molecule has 1 unspecified atom stereocenters. The first-order chi connectivity index (χ1) is 13.4. The molecule has 0 N–H and O–H groups in total. The Kier molecular flexibility index (Phi) is 4.68. The van der Waals surface area contributed by atoms with E-state index in [1.54, 1.807) is 13.0 Å². The van der Waals surface area contributed by atoms with Crippen molar-refractivity contribution >= 4 is 28.7 Å². The van der Waals surface area contributed by atoms with Gasteiger partial charge in [-0.1, -0.05) is 0 Å². The number of amides is 1. The second-order valence-corrected chi connectivity index (χ2v) is 7.61. The summed E-state index contributed by atoms with van der Waals surface area (Å²) in [6.07, 6.45) is -0.694. The third-order valence-corrected chi connectivity index (χ3v) is 5.32. The van der Waals surface area contributed by atoms with Crippen LogP contribution in [-0.2, 0) is 4.79 Å². The molecule has 28 heavy (non-hydrogen) atoms. The number of Topliss-reactive ketones (excluding diaryl/α,β-unsaturated/α-hetero) is 1. The van der Waals surface area contributed by atoms with Crippen molar-refractivity contribution in [2.24, 2.45) is 0 Å². The van der Waals surface area contributed by atoms with Gasteiger partial charge in [0.15, 0.2) is 11.9 Å². The first kappa shape index (κ1) is 18.3. The Labute approximate surface area is 165 Å². The van der Waals surface area contributed by atoms with Gasteiger partial charge in [-0.05, 0) is 56.3 Å². The van der Waals surface area contributed by atoms with Crippen LogP contribution in [0.25, 0.3) is 11.3 Å². The quantitative estimate of drug-likeness (QED) is 0.619. The summed E-state index contributed by atoms with van der Waals surface area (Å²) in [5, 5.41) is 2.89. The number of carbonyl (C=O) groups excluding carboxylic acids is 2. The minimum atomic E-state index is -0.694. The van der Waals surface area contributed by atoms with Gasteiger partial charge >= 0.3 is 0 Å². The largest absolute Gasteiger partial charge is 0.479 e. The average molecular weight is 396 g/mol. The minimum absolute atomic E-state index is 0.148. The molecule has 0 radical (unpaired) electrons. The third-order valence-electron chi connectivity index (χ3n) is 4.55. The molecule has 3 aromatic rings. The lowest BCUT2D eigenvalue weighted by Crippen LogP contribution is -2.46. The van der Waals surface area contributed by atoms with Gasteiger partial charge in [-0.25, -0.2) is 9.37 Å². The van der Waals surface area contributed by atoms with Crippen molar-refractivity contribution in [2.75, 3.05) is 11.4 Å². The van der Waals surface area contributed by atoms with E-state index in [9.17, 15) is 14.0 Å². The second kappa shape index (κ2) is 7.16. The number of anilines is 1. The summed E-state index contributed by atoms with van der Waals surface area (Å²) >= 11 is 1.54. The van der Waals surface area contributed by atoms with Crippen LogP contribution in [-0.4, -0.2) is 29.3 Å². The lowest BCUT2D eigenvalue weighted by atomic mass is 10.1. The van der Waals surface area contributed by atoms with Crippen LogP contribution in [0.1, 0.15) is 22.3 Å². The van der Waals surface area contributed by atoms with Gasteiger partial charge < -0.3 is 4.74 Å². The van der Waals surface area contributed by atoms with Gasteiger partial charge in [0.2, 0.25) is 0 Å². The van der Waals surface area contributed by atoms with Gasteiger partial charge in [-0.15, -0.1) is 11.3 Å². The number of thiazole rings is 1. The number of ketones is 1. The highest BCUT2D eigenvalue weighted by Crippen LogP contribution is 2.37. The van der Waals surface area contributed by atoms with Crippen molar-refractivity contribution in [1.29, 1.82) is 0 Å². The van der Waals surface area contributed by atoms with E-state index in [1.165, 1.54) is 40.5 Å². The summed E-state index contributed by atoms with van der Waals surface area (Å²) in [5.74, 6) is -0.450. The van der Waals surface area contributed by atoms with E-state index >= 15 is 0 Å². The van der Waals surface area contributed by atoms with Crippen molar-refractivity contribution in [1.82, 2.24) is 4.98 Å². The maximum Gasteiger partial charge on any atom is 0.268 e. The molecule has 1 amide bonds. The Hall–Kier alpha value is -3.06. The maximum atomic E-state index is 13.1. The average Bonchev–Trinajstić information content (AvgIpc) is 3.12. The van der Waals surface area contributed by atoms with Crippen LogP contribution < -0.4 is 9.64 Å². The third kappa shape index (κ3) is 3.41. The monoisotopic (exact) mass is 396 g/mol. The predicted molar refractivity (Wildman–Crippen MR) is 105 cm³/mol. The van der Waals surface area contributed by atoms with E-state index < -0.39 is 11.9 Å². The number of carbonyl (C=O) groups is 2. The molecule has 0 saturated heterocycles. The molecule has 0 bridgehead atoms. The Morgan fingerprint density at radius 3 is 2.68 bits per heavy atom. The summed E-state index contributed by atoms with van der Waals surface area (Å²) < 4.78 is 18.8. The van der Waals surface area contributed by atoms with Crippen LogP contribution >= 0.6 is 11.3 Å². The Morgan fingerprint density at radius 2 is 2.00 bits per heavy atom. The fourth-order valence-electron chi connectivity index (χ4n) is 3.10. The van der Waals surface area contributed by atoms with Crippen molar-refractivity contribution in [3.8, 4) is 17.0 Å². The second-order valence-electron chi connectivity index (χ2n) is 6.55. The highest BCUT2D eigenvalue weighted by Gasteiger charge is 2.33. The molecule has 1 aromatic heterocycles. The molecule has 0 saturated carbocycles. The van der Waals surface area contributed by atoms with E-state index in [4.69, 9.17) is 4.74 Å². The summed E-state index contributed by atoms with van der Waals surface area (Å²) in [6, 6.07) is 10.8. The molecule has 0 aliphatic carbocycles. The van der Waals surface area contributed by atoms with E-state index in [0.717, 1.165) is 16.3 Å². The van der Waals surface area contributed by atoms with Crippen molar-refractivity contribution in [3.05, 3.63) is 64.2 Å². The fourth-order valence-corrected chi connectivity index (χ4v) is 3.72. The summed E-state index contributed by atoms with van der Waals surface area (Å²) in [5.41, 5.74) is 2.53. The molecular weight excluding hydrogens is 379 g/mol. The number of benzene rings is 2. The van der Waals surface area contributed by atoms with Gasteiger partial charge in [0.05, 0.1) is 22.9 Å². The summed E-state index contributed by atoms with van der Waals surface area (Å²) in [6.45, 7) is 3.43. The summed E-state index contributed by atoms with van der Waals surface area (Å²) in [4.78, 5) is 31.3. The lowest BCUT2D eigenvalue weighted by Gasteiger charge is -2.33. The Bertz CT molecular complexity index is 1060. The minimum Gasteiger partial charge on any atom is -0.479 e. The number of nitrogens with zero attached hydrogens (tertiary/aromatic N) is 2. The topological polar surface area (TPSA) is 59.5 Å². The number of rotatable bonds is 4. The van der Waals surface area contributed by atoms with Gasteiger partial charge in [0, 0.05) is 16.5 Å². The number of halogens is 1. The van der Waals surface area contributed by atoms with E-state index in [2.05, 4.69) is 4.98 Å². The zero-order valence-corrected chi connectivity index (χ0v) is 16.1. The number of ether oxygens (including phenoxy) is 1. The van der Waals surface area contributed by atoms with Crippen LogP contribution in [0.5, 0.6) is 5.75 Å². The Morgan fingerprint density at radius 1 is 1.25 bits per heavy atom. The molecule has 0 spiro atoms. The summed E-state index contributed by atoms with van der Waals surface area (Å²) in [7, 11) is 0. The van der Waals surface area contributed by atoms with Crippen LogP contribution in [0.15, 0.2) is 47.8 Å². The molecule has 0 fully saturated rings. The molecule has 1 aliphatic heterocycles. The SMILES string of the molecule is Cc1nc(-c2ccc3c(c2)N(CC(=O)c2ccc(F)cc2)C(=O)C(C)O3)cs1. The van der Waals surface area contributed by atoms with Gasteiger partial charge in [-0.2, -0.15) is 0 Å².